The smallest absolute Gasteiger partial charge is 0.159 e. The minimum Gasteiger partial charge on any atom is -0.377 e. The molecule has 0 amide bonds. The SMILES string of the molecule is CCC1=CC(=O)C(CCOCc2ccccc2)C1. The first kappa shape index (κ1) is 13.0. The van der Waals surface area contributed by atoms with E-state index in [4.69, 9.17) is 4.74 Å². The maximum atomic E-state index is 11.7. The standard InChI is InChI=1S/C16H20O2/c1-2-13-10-15(16(17)11-13)8-9-18-12-14-6-4-3-5-7-14/h3-7,11,15H,2,8-10,12H2,1H3. The van der Waals surface area contributed by atoms with E-state index >= 15 is 0 Å². The number of ether oxygens (including phenoxy) is 1. The van der Waals surface area contributed by atoms with Gasteiger partial charge < -0.3 is 4.74 Å². The summed E-state index contributed by atoms with van der Waals surface area (Å²) in [5.41, 5.74) is 2.47. The summed E-state index contributed by atoms with van der Waals surface area (Å²) in [4.78, 5) is 11.7. The van der Waals surface area contributed by atoms with Crippen LogP contribution in [-0.2, 0) is 16.1 Å². The molecule has 2 rings (SSSR count). The molecule has 0 bridgehead atoms. The second kappa shape index (κ2) is 6.50. The Morgan fingerprint density at radius 3 is 2.72 bits per heavy atom. The number of carbonyl (C=O) groups is 1. The van der Waals surface area contributed by atoms with Gasteiger partial charge in [-0.25, -0.2) is 0 Å². The summed E-state index contributed by atoms with van der Waals surface area (Å²) in [6.07, 6.45) is 4.59. The van der Waals surface area contributed by atoms with Gasteiger partial charge in [0.15, 0.2) is 5.78 Å². The number of allylic oxidation sites excluding steroid dienone is 2. The van der Waals surface area contributed by atoms with Crippen molar-refractivity contribution in [1.29, 1.82) is 0 Å². The fourth-order valence-corrected chi connectivity index (χ4v) is 2.28. The molecule has 1 unspecified atom stereocenters. The molecule has 1 aromatic rings. The highest BCUT2D eigenvalue weighted by atomic mass is 16.5. The van der Waals surface area contributed by atoms with E-state index in [1.165, 1.54) is 11.1 Å². The van der Waals surface area contributed by atoms with Crippen LogP contribution in [0.2, 0.25) is 0 Å². The fourth-order valence-electron chi connectivity index (χ4n) is 2.28. The van der Waals surface area contributed by atoms with Gasteiger partial charge >= 0.3 is 0 Å². The molecule has 0 saturated heterocycles. The summed E-state index contributed by atoms with van der Waals surface area (Å²) in [5, 5.41) is 0. The van der Waals surface area contributed by atoms with Crippen LogP contribution in [0.3, 0.4) is 0 Å². The average Bonchev–Trinajstić information content (AvgIpc) is 2.77. The molecule has 1 atom stereocenters. The van der Waals surface area contributed by atoms with Crippen LogP contribution in [0.4, 0.5) is 0 Å². The van der Waals surface area contributed by atoms with Gasteiger partial charge in [-0.15, -0.1) is 0 Å². The first-order valence-corrected chi connectivity index (χ1v) is 6.64. The molecule has 1 aliphatic carbocycles. The summed E-state index contributed by atoms with van der Waals surface area (Å²) >= 11 is 0. The summed E-state index contributed by atoms with van der Waals surface area (Å²) in [7, 11) is 0. The fraction of sp³-hybridized carbons (Fsp3) is 0.438. The lowest BCUT2D eigenvalue weighted by Gasteiger charge is -2.09. The average molecular weight is 244 g/mol. The second-order valence-corrected chi connectivity index (χ2v) is 4.79. The van der Waals surface area contributed by atoms with Crippen LogP contribution in [-0.4, -0.2) is 12.4 Å². The highest BCUT2D eigenvalue weighted by Crippen LogP contribution is 2.26. The van der Waals surface area contributed by atoms with E-state index in [0.29, 0.717) is 13.2 Å². The molecule has 0 fully saturated rings. The van der Waals surface area contributed by atoms with Crippen LogP contribution < -0.4 is 0 Å². The molecule has 96 valence electrons. The van der Waals surface area contributed by atoms with Crippen LogP contribution in [0.15, 0.2) is 42.0 Å². The van der Waals surface area contributed by atoms with Gasteiger partial charge in [0.25, 0.3) is 0 Å². The number of hydrogen-bond donors (Lipinski definition) is 0. The van der Waals surface area contributed by atoms with Gasteiger partial charge in [0.2, 0.25) is 0 Å². The van der Waals surface area contributed by atoms with E-state index in [1.807, 2.05) is 24.3 Å². The molecule has 0 radical (unpaired) electrons. The predicted molar refractivity (Wildman–Crippen MR) is 72.2 cm³/mol. The van der Waals surface area contributed by atoms with E-state index in [-0.39, 0.29) is 11.7 Å². The largest absolute Gasteiger partial charge is 0.377 e. The Morgan fingerprint density at radius 1 is 1.28 bits per heavy atom. The number of carbonyl (C=O) groups excluding carboxylic acids is 1. The molecule has 2 heteroatoms. The van der Waals surface area contributed by atoms with E-state index in [0.717, 1.165) is 19.3 Å². The van der Waals surface area contributed by atoms with Crippen LogP contribution in [0.25, 0.3) is 0 Å². The van der Waals surface area contributed by atoms with Crippen molar-refractivity contribution in [3.8, 4) is 0 Å². The zero-order chi connectivity index (χ0) is 12.8. The second-order valence-electron chi connectivity index (χ2n) is 4.79. The quantitative estimate of drug-likeness (QED) is 0.716. The van der Waals surface area contributed by atoms with Gasteiger partial charge in [-0.05, 0) is 30.9 Å². The van der Waals surface area contributed by atoms with Crippen molar-refractivity contribution < 1.29 is 9.53 Å². The van der Waals surface area contributed by atoms with Crippen molar-refractivity contribution >= 4 is 5.78 Å². The van der Waals surface area contributed by atoms with Gasteiger partial charge in [-0.3, -0.25) is 4.79 Å². The van der Waals surface area contributed by atoms with Gasteiger partial charge in [-0.2, -0.15) is 0 Å². The maximum absolute atomic E-state index is 11.7. The number of benzene rings is 1. The van der Waals surface area contributed by atoms with Crippen molar-refractivity contribution in [3.05, 3.63) is 47.5 Å². The highest BCUT2D eigenvalue weighted by Gasteiger charge is 2.23. The molecule has 18 heavy (non-hydrogen) atoms. The van der Waals surface area contributed by atoms with Crippen LogP contribution in [0.5, 0.6) is 0 Å². The summed E-state index contributed by atoms with van der Waals surface area (Å²) in [6, 6.07) is 10.1. The van der Waals surface area contributed by atoms with Crippen molar-refractivity contribution in [1.82, 2.24) is 0 Å². The van der Waals surface area contributed by atoms with Crippen LogP contribution >= 0.6 is 0 Å². The number of hydrogen-bond acceptors (Lipinski definition) is 2. The van der Waals surface area contributed by atoms with E-state index < -0.39 is 0 Å². The molecule has 2 nitrogen and oxygen atoms in total. The zero-order valence-electron chi connectivity index (χ0n) is 10.9. The third-order valence-corrected chi connectivity index (χ3v) is 3.43. The van der Waals surface area contributed by atoms with Gasteiger partial charge in [0, 0.05) is 12.5 Å². The van der Waals surface area contributed by atoms with Gasteiger partial charge in [0.05, 0.1) is 6.61 Å². The first-order chi connectivity index (χ1) is 8.79. The first-order valence-electron chi connectivity index (χ1n) is 6.64. The summed E-state index contributed by atoms with van der Waals surface area (Å²) in [5.74, 6) is 0.450. The van der Waals surface area contributed by atoms with E-state index in [1.54, 1.807) is 0 Å². The van der Waals surface area contributed by atoms with Gasteiger partial charge in [0.1, 0.15) is 0 Å². The van der Waals surface area contributed by atoms with Crippen molar-refractivity contribution in [2.75, 3.05) is 6.61 Å². The van der Waals surface area contributed by atoms with Crippen molar-refractivity contribution in [2.24, 2.45) is 5.92 Å². The molecule has 0 heterocycles. The number of ketones is 1. The third kappa shape index (κ3) is 3.54. The Labute approximate surface area is 109 Å². The minimum atomic E-state index is 0.163. The Bertz CT molecular complexity index is 420. The molecule has 0 N–H and O–H groups in total. The molecule has 0 saturated carbocycles. The Hall–Kier alpha value is -1.41. The Kier molecular flexibility index (Phi) is 4.71. The molecule has 1 aliphatic rings. The lowest BCUT2D eigenvalue weighted by molar-refractivity contribution is -0.118. The molecular weight excluding hydrogens is 224 g/mol. The lowest BCUT2D eigenvalue weighted by atomic mass is 10.0. The van der Waals surface area contributed by atoms with E-state index in [9.17, 15) is 4.79 Å². The minimum absolute atomic E-state index is 0.163. The maximum Gasteiger partial charge on any atom is 0.159 e. The highest BCUT2D eigenvalue weighted by molar-refractivity contribution is 5.95. The Balaban J connectivity index is 1.67. The Morgan fingerprint density at radius 2 is 2.06 bits per heavy atom. The third-order valence-electron chi connectivity index (χ3n) is 3.43. The zero-order valence-corrected chi connectivity index (χ0v) is 10.9. The number of rotatable bonds is 6. The molecule has 0 aromatic heterocycles. The van der Waals surface area contributed by atoms with Gasteiger partial charge in [-0.1, -0.05) is 42.8 Å². The lowest BCUT2D eigenvalue weighted by Crippen LogP contribution is -2.10. The molecule has 0 spiro atoms. The topological polar surface area (TPSA) is 26.3 Å². The predicted octanol–water partition coefficient (Wildman–Crippen LogP) is 3.52. The summed E-state index contributed by atoms with van der Waals surface area (Å²) < 4.78 is 5.62. The van der Waals surface area contributed by atoms with Crippen molar-refractivity contribution in [3.63, 3.8) is 0 Å². The summed E-state index contributed by atoms with van der Waals surface area (Å²) in [6.45, 7) is 3.40. The molecule has 1 aromatic carbocycles. The van der Waals surface area contributed by atoms with Crippen LogP contribution in [0.1, 0.15) is 31.7 Å². The molecule has 0 aliphatic heterocycles. The van der Waals surface area contributed by atoms with Crippen molar-refractivity contribution in [2.45, 2.75) is 32.8 Å². The van der Waals surface area contributed by atoms with Crippen LogP contribution in [0, 0.1) is 5.92 Å². The molecular formula is C16H20O2. The monoisotopic (exact) mass is 244 g/mol. The van der Waals surface area contributed by atoms with E-state index in [2.05, 4.69) is 19.1 Å². The normalized spacial score (nSPS) is 19.1.